The van der Waals surface area contributed by atoms with Crippen molar-refractivity contribution in [3.05, 3.63) is 23.4 Å². The predicted octanol–water partition coefficient (Wildman–Crippen LogP) is 4.25. The minimum Gasteiger partial charge on any atom is -0.381 e. The second kappa shape index (κ2) is 6.26. The van der Waals surface area contributed by atoms with Crippen LogP contribution < -0.4 is 0 Å². The van der Waals surface area contributed by atoms with Gasteiger partial charge in [0.05, 0.1) is 5.60 Å². The minimum atomic E-state index is -0.156. The van der Waals surface area contributed by atoms with Crippen molar-refractivity contribution in [1.82, 2.24) is 10.1 Å². The summed E-state index contributed by atoms with van der Waals surface area (Å²) in [5, 5.41) is 4.31. The topological polar surface area (TPSA) is 57.4 Å². The van der Waals surface area contributed by atoms with E-state index in [1.165, 1.54) is 24.8 Å². The predicted molar refractivity (Wildman–Crippen MR) is 89.7 cm³/mol. The van der Waals surface area contributed by atoms with Gasteiger partial charge in [0.2, 0.25) is 0 Å². The maximum absolute atomic E-state index is 6.36. The van der Waals surface area contributed by atoms with Crippen molar-refractivity contribution >= 4 is 0 Å². The lowest BCUT2D eigenvalue weighted by Gasteiger charge is -2.32. The number of hydrogen-bond acceptors (Lipinski definition) is 5. The highest BCUT2D eigenvalue weighted by molar-refractivity contribution is 5.26. The van der Waals surface area contributed by atoms with Crippen LogP contribution >= 0.6 is 0 Å². The Morgan fingerprint density at radius 3 is 2.75 bits per heavy atom. The van der Waals surface area contributed by atoms with Crippen LogP contribution in [-0.4, -0.2) is 29.0 Å². The van der Waals surface area contributed by atoms with Crippen molar-refractivity contribution in [2.75, 3.05) is 13.2 Å². The Kier molecular flexibility index (Phi) is 4.25. The number of aromatic nitrogens is 2. The van der Waals surface area contributed by atoms with Crippen LogP contribution in [0.3, 0.4) is 0 Å². The van der Waals surface area contributed by atoms with Crippen molar-refractivity contribution < 1.29 is 14.0 Å². The van der Waals surface area contributed by atoms with E-state index < -0.39 is 0 Å². The van der Waals surface area contributed by atoms with Gasteiger partial charge in [-0.3, -0.25) is 0 Å². The van der Waals surface area contributed by atoms with Crippen molar-refractivity contribution in [1.29, 1.82) is 0 Å². The molecule has 4 rings (SSSR count). The molecule has 0 aromatic carbocycles. The van der Waals surface area contributed by atoms with Gasteiger partial charge in [-0.1, -0.05) is 16.8 Å². The summed E-state index contributed by atoms with van der Waals surface area (Å²) in [6.45, 7) is 5.99. The van der Waals surface area contributed by atoms with Crippen LogP contribution in [0.15, 0.2) is 16.2 Å². The van der Waals surface area contributed by atoms with E-state index in [9.17, 15) is 0 Å². The molecule has 1 unspecified atom stereocenters. The Labute approximate surface area is 143 Å². The lowest BCUT2D eigenvalue weighted by Crippen LogP contribution is -2.35. The van der Waals surface area contributed by atoms with Crippen LogP contribution in [0.4, 0.5) is 0 Å². The highest BCUT2D eigenvalue weighted by atomic mass is 16.6. The molecule has 1 spiro atoms. The fourth-order valence-electron chi connectivity index (χ4n) is 4.27. The Morgan fingerprint density at radius 2 is 2.00 bits per heavy atom. The Morgan fingerprint density at radius 1 is 1.17 bits per heavy atom. The van der Waals surface area contributed by atoms with Gasteiger partial charge in [-0.15, -0.1) is 0 Å². The first kappa shape index (κ1) is 16.3. The van der Waals surface area contributed by atoms with Gasteiger partial charge in [0.1, 0.15) is 6.10 Å². The second-order valence-electron chi connectivity index (χ2n) is 8.00. The van der Waals surface area contributed by atoms with Crippen molar-refractivity contribution in [2.24, 2.45) is 0 Å². The lowest BCUT2D eigenvalue weighted by molar-refractivity contribution is -0.110. The molecule has 0 saturated carbocycles. The molecule has 1 aromatic rings. The summed E-state index contributed by atoms with van der Waals surface area (Å²) in [6, 6.07) is 0. The van der Waals surface area contributed by atoms with Gasteiger partial charge in [-0.2, -0.15) is 4.98 Å². The molecular formula is C19H28N2O3. The van der Waals surface area contributed by atoms with Gasteiger partial charge in [0, 0.05) is 18.6 Å². The molecule has 0 N–H and O–H groups in total. The van der Waals surface area contributed by atoms with E-state index in [0.717, 1.165) is 51.1 Å². The van der Waals surface area contributed by atoms with Gasteiger partial charge in [-0.25, -0.2) is 0 Å². The SMILES string of the molecule is CC(C)(C1=CCCCC1)c1noc(C2CCC3(CCOCC3)O2)n1. The van der Waals surface area contributed by atoms with Crippen LogP contribution in [-0.2, 0) is 14.9 Å². The van der Waals surface area contributed by atoms with Gasteiger partial charge in [-0.05, 0) is 65.2 Å². The Balaban J connectivity index is 1.50. The van der Waals surface area contributed by atoms with Gasteiger partial charge in [0.25, 0.3) is 5.89 Å². The normalized spacial score (nSPS) is 27.4. The molecule has 5 heteroatoms. The fourth-order valence-corrected chi connectivity index (χ4v) is 4.27. The first-order valence-corrected chi connectivity index (χ1v) is 9.38. The largest absolute Gasteiger partial charge is 0.381 e. The Bertz CT molecular complexity index is 614. The molecule has 3 heterocycles. The molecule has 132 valence electrons. The number of rotatable bonds is 3. The summed E-state index contributed by atoms with van der Waals surface area (Å²) in [5.74, 6) is 1.44. The van der Waals surface area contributed by atoms with Gasteiger partial charge < -0.3 is 14.0 Å². The first-order chi connectivity index (χ1) is 11.6. The highest BCUT2D eigenvalue weighted by Crippen LogP contribution is 2.45. The fraction of sp³-hybridized carbons (Fsp3) is 0.789. The highest BCUT2D eigenvalue weighted by Gasteiger charge is 2.44. The maximum Gasteiger partial charge on any atom is 0.255 e. The van der Waals surface area contributed by atoms with E-state index in [4.69, 9.17) is 19.0 Å². The maximum atomic E-state index is 6.36. The van der Waals surface area contributed by atoms with Crippen LogP contribution in [0.25, 0.3) is 0 Å². The van der Waals surface area contributed by atoms with E-state index in [1.54, 1.807) is 0 Å². The third-order valence-electron chi connectivity index (χ3n) is 6.03. The number of ether oxygens (including phenoxy) is 2. The molecule has 0 radical (unpaired) electrons. The van der Waals surface area contributed by atoms with E-state index in [1.807, 2.05) is 0 Å². The van der Waals surface area contributed by atoms with Crippen LogP contribution in [0, 0.1) is 0 Å². The van der Waals surface area contributed by atoms with Crippen molar-refractivity contribution in [3.8, 4) is 0 Å². The standard InChI is InChI=1S/C19H28N2O3/c1-18(2,14-6-4-3-5-7-14)17-20-16(24-21-17)15-8-9-19(23-15)10-12-22-13-11-19/h6,15H,3-5,7-13H2,1-2H3. The molecule has 0 amide bonds. The van der Waals surface area contributed by atoms with E-state index in [-0.39, 0.29) is 17.1 Å². The molecule has 2 saturated heterocycles. The quantitative estimate of drug-likeness (QED) is 0.775. The minimum absolute atomic E-state index is 0.0288. The molecular weight excluding hydrogens is 304 g/mol. The molecule has 5 nitrogen and oxygen atoms in total. The molecule has 2 aliphatic heterocycles. The van der Waals surface area contributed by atoms with E-state index in [0.29, 0.717) is 5.89 Å². The third kappa shape index (κ3) is 2.93. The zero-order valence-electron chi connectivity index (χ0n) is 14.8. The van der Waals surface area contributed by atoms with Crippen molar-refractivity contribution in [2.45, 2.75) is 82.3 Å². The van der Waals surface area contributed by atoms with E-state index >= 15 is 0 Å². The molecule has 3 aliphatic rings. The smallest absolute Gasteiger partial charge is 0.255 e. The Hall–Kier alpha value is -1.20. The third-order valence-corrected chi connectivity index (χ3v) is 6.03. The average Bonchev–Trinajstić information content (AvgIpc) is 3.24. The summed E-state index contributed by atoms with van der Waals surface area (Å²) < 4.78 is 17.4. The average molecular weight is 332 g/mol. The lowest BCUT2D eigenvalue weighted by atomic mass is 9.78. The zero-order valence-corrected chi connectivity index (χ0v) is 14.8. The summed E-state index contributed by atoms with van der Waals surface area (Å²) in [4.78, 5) is 4.74. The summed E-state index contributed by atoms with van der Waals surface area (Å²) in [6.07, 6.45) is 11.1. The zero-order chi connectivity index (χ0) is 16.6. The molecule has 24 heavy (non-hydrogen) atoms. The summed E-state index contributed by atoms with van der Waals surface area (Å²) >= 11 is 0. The number of nitrogens with zero attached hydrogens (tertiary/aromatic N) is 2. The number of allylic oxidation sites excluding steroid dienone is 2. The van der Waals surface area contributed by atoms with Gasteiger partial charge >= 0.3 is 0 Å². The molecule has 1 atom stereocenters. The summed E-state index contributed by atoms with van der Waals surface area (Å²) in [7, 11) is 0. The molecule has 0 bridgehead atoms. The van der Waals surface area contributed by atoms with Crippen LogP contribution in [0.5, 0.6) is 0 Å². The molecule has 2 fully saturated rings. The molecule has 1 aliphatic carbocycles. The van der Waals surface area contributed by atoms with Gasteiger partial charge in [0.15, 0.2) is 5.82 Å². The number of hydrogen-bond donors (Lipinski definition) is 0. The van der Waals surface area contributed by atoms with Crippen molar-refractivity contribution in [3.63, 3.8) is 0 Å². The molecule has 1 aromatic heterocycles. The monoisotopic (exact) mass is 332 g/mol. The second-order valence-corrected chi connectivity index (χ2v) is 8.00. The van der Waals surface area contributed by atoms with Crippen LogP contribution in [0.2, 0.25) is 0 Å². The van der Waals surface area contributed by atoms with Crippen LogP contribution in [0.1, 0.15) is 83.0 Å². The summed E-state index contributed by atoms with van der Waals surface area (Å²) in [5.41, 5.74) is 1.25. The van der Waals surface area contributed by atoms with E-state index in [2.05, 4.69) is 25.1 Å². The first-order valence-electron chi connectivity index (χ1n) is 9.38.